The van der Waals surface area contributed by atoms with Crippen molar-refractivity contribution in [3.05, 3.63) is 54.5 Å². The summed E-state index contributed by atoms with van der Waals surface area (Å²) in [5, 5.41) is 27.2. The Balaban J connectivity index is 1.16. The molecule has 8 heteroatoms. The molecule has 3 heterocycles. The lowest BCUT2D eigenvalue weighted by Gasteiger charge is -2.19. The maximum absolute atomic E-state index is 10.9. The van der Waals surface area contributed by atoms with Gasteiger partial charge in [-0.1, -0.05) is 25.0 Å². The first-order valence-electron chi connectivity index (χ1n) is 12.7. The van der Waals surface area contributed by atoms with Crippen molar-refractivity contribution in [3.63, 3.8) is 0 Å². The Hall–Kier alpha value is -3.23. The van der Waals surface area contributed by atoms with Gasteiger partial charge in [0.05, 0.1) is 23.0 Å². The number of hydrogen-bond acceptors (Lipinski definition) is 7. The average molecular weight is 473 g/mol. The Morgan fingerprint density at radius 3 is 2.71 bits per heavy atom. The van der Waals surface area contributed by atoms with E-state index in [0.717, 1.165) is 34.9 Å². The van der Waals surface area contributed by atoms with Gasteiger partial charge in [0.15, 0.2) is 0 Å². The summed E-state index contributed by atoms with van der Waals surface area (Å²) in [5.41, 5.74) is 8.85. The van der Waals surface area contributed by atoms with E-state index >= 15 is 0 Å². The van der Waals surface area contributed by atoms with E-state index in [0.29, 0.717) is 23.9 Å². The third-order valence-corrected chi connectivity index (χ3v) is 7.94. The van der Waals surface area contributed by atoms with Gasteiger partial charge in [0, 0.05) is 17.6 Å². The quantitative estimate of drug-likeness (QED) is 0.336. The lowest BCUT2D eigenvalue weighted by atomic mass is 9.95. The number of aliphatic hydroxyl groups excluding tert-OH is 2. The zero-order valence-electron chi connectivity index (χ0n) is 19.7. The molecule has 6 rings (SSSR count). The second kappa shape index (κ2) is 9.09. The summed E-state index contributed by atoms with van der Waals surface area (Å²) in [7, 11) is 0. The number of nitrogens with one attached hydrogen (secondary N) is 1. The first-order chi connectivity index (χ1) is 17.1. The Labute approximate surface area is 204 Å². The molecule has 8 nitrogen and oxygen atoms in total. The van der Waals surface area contributed by atoms with Gasteiger partial charge < -0.3 is 25.8 Å². The Kier molecular flexibility index (Phi) is 5.78. The van der Waals surface area contributed by atoms with Crippen molar-refractivity contribution >= 4 is 33.6 Å². The molecule has 0 saturated heterocycles. The van der Waals surface area contributed by atoms with Gasteiger partial charge >= 0.3 is 0 Å². The number of aryl methyl sites for hydroxylation is 1. The number of fused-ring (bicyclic) bond motifs is 2. The summed E-state index contributed by atoms with van der Waals surface area (Å²) < 4.78 is 1.93. The summed E-state index contributed by atoms with van der Waals surface area (Å²) in [6.07, 6.45) is 8.99. The van der Waals surface area contributed by atoms with E-state index in [1.165, 1.54) is 37.6 Å². The topological polar surface area (TPSA) is 122 Å². The number of nitrogen functional groups attached to an aromatic ring is 1. The fourth-order valence-corrected chi connectivity index (χ4v) is 5.95. The summed E-state index contributed by atoms with van der Waals surface area (Å²) in [5.74, 6) is 1.36. The molecule has 2 saturated carbocycles. The highest BCUT2D eigenvalue weighted by Gasteiger charge is 2.42. The fourth-order valence-electron chi connectivity index (χ4n) is 5.95. The third kappa shape index (κ3) is 4.21. The molecule has 4 aromatic rings. The zero-order chi connectivity index (χ0) is 23.9. The molecule has 0 spiro atoms. The number of anilines is 2. The normalized spacial score (nSPS) is 25.1. The summed E-state index contributed by atoms with van der Waals surface area (Å²) in [4.78, 5) is 13.3. The molecule has 182 valence electrons. The van der Waals surface area contributed by atoms with Gasteiger partial charge in [-0.25, -0.2) is 15.0 Å². The molecule has 2 aliphatic carbocycles. The van der Waals surface area contributed by atoms with Gasteiger partial charge in [0.25, 0.3) is 0 Å². The number of rotatable bonds is 6. The molecule has 2 aliphatic rings. The van der Waals surface area contributed by atoms with Crippen LogP contribution in [-0.4, -0.2) is 48.0 Å². The van der Waals surface area contributed by atoms with Crippen LogP contribution in [0, 0.1) is 5.92 Å². The van der Waals surface area contributed by atoms with Gasteiger partial charge in [-0.3, -0.25) is 0 Å². The van der Waals surface area contributed by atoms with E-state index < -0.39 is 12.2 Å². The van der Waals surface area contributed by atoms with Crippen LogP contribution >= 0.6 is 0 Å². The average Bonchev–Trinajstić information content (AvgIpc) is 3.59. The molecule has 0 radical (unpaired) electrons. The third-order valence-electron chi connectivity index (χ3n) is 7.94. The molecule has 5 N–H and O–H groups in total. The Morgan fingerprint density at radius 2 is 1.86 bits per heavy atom. The number of nitrogens with zero attached hydrogens (tertiary/aromatic N) is 4. The second-order valence-electron chi connectivity index (χ2n) is 10.2. The van der Waals surface area contributed by atoms with Crippen LogP contribution in [0.15, 0.2) is 48.9 Å². The molecular formula is C27H32N6O2. The number of nitrogens with two attached hydrogens (primary N) is 1. The maximum Gasteiger partial charge on any atom is 0.145 e. The Morgan fingerprint density at radius 1 is 1.03 bits per heavy atom. The fraction of sp³-hybridized carbons (Fsp3) is 0.444. The highest BCUT2D eigenvalue weighted by atomic mass is 16.3. The minimum Gasteiger partial charge on any atom is -0.390 e. The van der Waals surface area contributed by atoms with Crippen LogP contribution in [0.1, 0.15) is 50.1 Å². The van der Waals surface area contributed by atoms with Crippen molar-refractivity contribution in [1.82, 2.24) is 19.5 Å². The van der Waals surface area contributed by atoms with E-state index in [9.17, 15) is 10.2 Å². The van der Waals surface area contributed by atoms with Gasteiger partial charge in [-0.2, -0.15) is 0 Å². The number of pyridine rings is 1. The molecule has 35 heavy (non-hydrogen) atoms. The van der Waals surface area contributed by atoms with Crippen LogP contribution in [0.25, 0.3) is 21.9 Å². The van der Waals surface area contributed by atoms with Crippen molar-refractivity contribution in [2.75, 3.05) is 11.1 Å². The summed E-state index contributed by atoms with van der Waals surface area (Å²) in [6, 6.07) is 12.8. The van der Waals surface area contributed by atoms with Crippen molar-refractivity contribution < 1.29 is 10.2 Å². The van der Waals surface area contributed by atoms with Crippen LogP contribution < -0.4 is 11.1 Å². The molecular weight excluding hydrogens is 440 g/mol. The van der Waals surface area contributed by atoms with Crippen LogP contribution in [-0.2, 0) is 6.42 Å². The largest absolute Gasteiger partial charge is 0.390 e. The van der Waals surface area contributed by atoms with Crippen LogP contribution in [0.4, 0.5) is 11.6 Å². The number of hydrogen-bond donors (Lipinski definition) is 4. The standard InChI is InChI=1S/C27H32N6O2/c28-26-20-11-12-33(27(20)30-15-29-26)22-14-18(24(34)25(22)35)8-6-16-5-7-17-9-10-23(32-21(17)13-16)31-19-3-1-2-4-19/h5,7,9-13,15,18-19,22,24-25,34-35H,1-4,6,8,14H2,(H,31,32)(H2,28,29,30)/t18-,22+,24+,25-/m0/s1. The first kappa shape index (κ1) is 22.2. The minimum absolute atomic E-state index is 0.00865. The van der Waals surface area contributed by atoms with Crippen LogP contribution in [0.2, 0.25) is 0 Å². The molecule has 4 atom stereocenters. The van der Waals surface area contributed by atoms with Crippen molar-refractivity contribution in [2.24, 2.45) is 5.92 Å². The summed E-state index contributed by atoms with van der Waals surface area (Å²) >= 11 is 0. The van der Waals surface area contributed by atoms with Gasteiger partial charge in [0.2, 0.25) is 0 Å². The zero-order valence-corrected chi connectivity index (χ0v) is 19.7. The summed E-state index contributed by atoms with van der Waals surface area (Å²) in [6.45, 7) is 0. The van der Waals surface area contributed by atoms with E-state index in [1.807, 2.05) is 16.8 Å². The van der Waals surface area contributed by atoms with Gasteiger partial charge in [-0.15, -0.1) is 0 Å². The van der Waals surface area contributed by atoms with Crippen molar-refractivity contribution in [2.45, 2.75) is 69.2 Å². The van der Waals surface area contributed by atoms with E-state index in [1.54, 1.807) is 0 Å². The number of aliphatic hydroxyl groups is 2. The lowest BCUT2D eigenvalue weighted by molar-refractivity contribution is 0.00545. The highest BCUT2D eigenvalue weighted by Crippen LogP contribution is 2.39. The van der Waals surface area contributed by atoms with E-state index in [4.69, 9.17) is 10.7 Å². The predicted octanol–water partition coefficient (Wildman–Crippen LogP) is 3.83. The van der Waals surface area contributed by atoms with Crippen molar-refractivity contribution in [3.8, 4) is 0 Å². The van der Waals surface area contributed by atoms with E-state index in [2.05, 4.69) is 45.6 Å². The molecule has 0 aliphatic heterocycles. The minimum atomic E-state index is -0.853. The molecule has 0 amide bonds. The monoisotopic (exact) mass is 472 g/mol. The molecule has 1 aromatic carbocycles. The smallest absolute Gasteiger partial charge is 0.145 e. The predicted molar refractivity (Wildman–Crippen MR) is 137 cm³/mol. The SMILES string of the molecule is Nc1ncnc2c1ccn2[C@@H]1C[C@H](CCc2ccc3ccc(NC4CCCC4)nc3c2)[C@@H](O)[C@H]1O. The number of aromatic nitrogens is 4. The van der Waals surface area contributed by atoms with E-state index in [-0.39, 0.29) is 12.0 Å². The Bertz CT molecular complexity index is 1350. The maximum atomic E-state index is 10.9. The molecule has 0 unspecified atom stereocenters. The highest BCUT2D eigenvalue weighted by molar-refractivity contribution is 5.86. The lowest BCUT2D eigenvalue weighted by Crippen LogP contribution is -2.29. The molecule has 0 bridgehead atoms. The van der Waals surface area contributed by atoms with Crippen molar-refractivity contribution in [1.29, 1.82) is 0 Å². The van der Waals surface area contributed by atoms with Gasteiger partial charge in [-0.05, 0) is 67.9 Å². The van der Waals surface area contributed by atoms with Crippen LogP contribution in [0.5, 0.6) is 0 Å². The van der Waals surface area contributed by atoms with Gasteiger partial charge in [0.1, 0.15) is 29.7 Å². The first-order valence-corrected chi connectivity index (χ1v) is 12.7. The number of benzene rings is 1. The molecule has 2 fully saturated rings. The van der Waals surface area contributed by atoms with Crippen LogP contribution in [0.3, 0.4) is 0 Å². The second-order valence-corrected chi connectivity index (χ2v) is 10.2. The molecule has 3 aromatic heterocycles.